The van der Waals surface area contributed by atoms with Crippen LogP contribution in [0.4, 0.5) is 8.78 Å². The number of hydrogen-bond acceptors (Lipinski definition) is 4. The number of fused-ring (bicyclic) bond motifs is 2. The molecule has 0 spiro atoms. The predicted molar refractivity (Wildman–Crippen MR) is 72.9 cm³/mol. The highest BCUT2D eigenvalue weighted by Gasteiger charge is 2.17. The Morgan fingerprint density at radius 2 is 1.95 bits per heavy atom. The molecular weight excluding hydrogens is 298 g/mol. The fraction of sp³-hybridized carbons (Fsp3) is 0.0714. The van der Waals surface area contributed by atoms with Crippen LogP contribution < -0.4 is 10.3 Å². The minimum atomic E-state index is -1.44. The highest BCUT2D eigenvalue weighted by molar-refractivity contribution is 5.95. The van der Waals surface area contributed by atoms with Crippen molar-refractivity contribution in [2.45, 2.75) is 0 Å². The van der Waals surface area contributed by atoms with Crippen LogP contribution in [0.15, 0.2) is 29.2 Å². The third kappa shape index (κ3) is 1.96. The highest BCUT2D eigenvalue weighted by atomic mass is 19.2. The van der Waals surface area contributed by atoms with Gasteiger partial charge in [-0.05, 0) is 12.1 Å². The molecule has 3 rings (SSSR count). The maximum Gasteiger partial charge on any atom is 0.341 e. The number of carboxylic acid groups (broad SMARTS) is 1. The van der Waals surface area contributed by atoms with Crippen molar-refractivity contribution < 1.29 is 23.5 Å². The Kier molecular flexibility index (Phi) is 3.01. The number of benzene rings is 1. The molecule has 0 aliphatic rings. The molecule has 0 radical (unpaired) electrons. The molecule has 0 saturated carbocycles. The number of carbonyl (C=O) groups is 1. The highest BCUT2D eigenvalue weighted by Crippen LogP contribution is 2.21. The number of carboxylic acids is 1. The lowest BCUT2D eigenvalue weighted by Gasteiger charge is -2.10. The van der Waals surface area contributed by atoms with Gasteiger partial charge >= 0.3 is 5.97 Å². The molecule has 0 atom stereocenters. The second-order valence-electron chi connectivity index (χ2n) is 4.50. The van der Waals surface area contributed by atoms with Crippen LogP contribution in [0.2, 0.25) is 0 Å². The average Bonchev–Trinajstić information content (AvgIpc) is 2.47. The van der Waals surface area contributed by atoms with E-state index >= 15 is 0 Å². The van der Waals surface area contributed by atoms with Gasteiger partial charge in [0, 0.05) is 11.5 Å². The first kappa shape index (κ1) is 13.9. The first-order valence-electron chi connectivity index (χ1n) is 6.05. The molecule has 0 fully saturated rings. The molecule has 6 nitrogen and oxygen atoms in total. The Labute approximate surface area is 121 Å². The Bertz CT molecular complexity index is 998. The summed E-state index contributed by atoms with van der Waals surface area (Å²) in [5, 5.41) is 9.28. The van der Waals surface area contributed by atoms with Crippen LogP contribution in [0, 0.1) is 11.6 Å². The molecule has 3 aromatic rings. The molecule has 0 unspecified atom stereocenters. The van der Waals surface area contributed by atoms with E-state index in [2.05, 4.69) is 4.98 Å². The summed E-state index contributed by atoms with van der Waals surface area (Å²) in [6, 6.07) is 3.15. The zero-order valence-corrected chi connectivity index (χ0v) is 11.1. The Hall–Kier alpha value is -3.03. The topological polar surface area (TPSA) is 81.4 Å². The van der Waals surface area contributed by atoms with Gasteiger partial charge in [0.15, 0.2) is 11.6 Å². The minimum Gasteiger partial charge on any atom is -0.477 e. The van der Waals surface area contributed by atoms with E-state index in [1.165, 1.54) is 13.2 Å². The molecule has 22 heavy (non-hydrogen) atoms. The van der Waals surface area contributed by atoms with Crippen LogP contribution in [0.25, 0.3) is 21.9 Å². The monoisotopic (exact) mass is 306 g/mol. The van der Waals surface area contributed by atoms with Gasteiger partial charge in [-0.2, -0.15) is 4.73 Å². The van der Waals surface area contributed by atoms with E-state index in [0.29, 0.717) is 0 Å². The third-order valence-electron chi connectivity index (χ3n) is 3.21. The first-order chi connectivity index (χ1) is 10.4. The van der Waals surface area contributed by atoms with Crippen molar-refractivity contribution in [1.29, 1.82) is 0 Å². The zero-order valence-electron chi connectivity index (χ0n) is 11.1. The lowest BCUT2D eigenvalue weighted by molar-refractivity contribution is 0.0691. The van der Waals surface area contributed by atoms with E-state index in [-0.39, 0.29) is 21.9 Å². The molecule has 0 bridgehead atoms. The van der Waals surface area contributed by atoms with Crippen molar-refractivity contribution in [2.24, 2.45) is 0 Å². The van der Waals surface area contributed by atoms with Gasteiger partial charge < -0.3 is 9.94 Å². The lowest BCUT2D eigenvalue weighted by Crippen LogP contribution is -2.21. The van der Waals surface area contributed by atoms with E-state index < -0.39 is 28.6 Å². The van der Waals surface area contributed by atoms with Gasteiger partial charge in [0.05, 0.1) is 11.7 Å². The van der Waals surface area contributed by atoms with Crippen molar-refractivity contribution >= 4 is 27.9 Å². The van der Waals surface area contributed by atoms with Crippen LogP contribution in [0.1, 0.15) is 10.4 Å². The van der Waals surface area contributed by atoms with E-state index in [0.717, 1.165) is 23.1 Å². The summed E-state index contributed by atoms with van der Waals surface area (Å²) in [7, 11) is 1.27. The van der Waals surface area contributed by atoms with Gasteiger partial charge in [0.25, 0.3) is 0 Å². The van der Waals surface area contributed by atoms with E-state index in [1.807, 2.05) is 0 Å². The van der Waals surface area contributed by atoms with E-state index in [1.54, 1.807) is 0 Å². The molecule has 0 aliphatic heterocycles. The van der Waals surface area contributed by atoms with Crippen molar-refractivity contribution in [1.82, 2.24) is 9.71 Å². The van der Waals surface area contributed by atoms with Gasteiger partial charge in [0.2, 0.25) is 5.43 Å². The van der Waals surface area contributed by atoms with Crippen LogP contribution in [-0.4, -0.2) is 27.9 Å². The largest absolute Gasteiger partial charge is 0.477 e. The lowest BCUT2D eigenvalue weighted by atomic mass is 10.1. The quantitative estimate of drug-likeness (QED) is 0.727. The van der Waals surface area contributed by atoms with Crippen molar-refractivity contribution in [3.8, 4) is 0 Å². The molecule has 1 aromatic carbocycles. The first-order valence-corrected chi connectivity index (χ1v) is 6.05. The Morgan fingerprint density at radius 1 is 1.27 bits per heavy atom. The maximum absolute atomic E-state index is 13.3. The molecule has 112 valence electrons. The molecule has 0 amide bonds. The van der Waals surface area contributed by atoms with E-state index in [9.17, 15) is 18.4 Å². The predicted octanol–water partition coefficient (Wildman–Crippen LogP) is 1.58. The number of rotatable bonds is 2. The van der Waals surface area contributed by atoms with Crippen LogP contribution >= 0.6 is 0 Å². The zero-order chi connectivity index (χ0) is 16.0. The van der Waals surface area contributed by atoms with Gasteiger partial charge in [-0.15, -0.1) is 0 Å². The summed E-state index contributed by atoms with van der Waals surface area (Å²) in [6.07, 6.45) is 1.00. The molecule has 0 aliphatic carbocycles. The summed E-state index contributed by atoms with van der Waals surface area (Å²) >= 11 is 0. The summed E-state index contributed by atoms with van der Waals surface area (Å²) in [5.74, 6) is -3.60. The van der Waals surface area contributed by atoms with E-state index in [4.69, 9.17) is 9.94 Å². The normalized spacial score (nSPS) is 11.0. The van der Waals surface area contributed by atoms with Gasteiger partial charge in [-0.3, -0.25) is 4.79 Å². The second-order valence-corrected chi connectivity index (χ2v) is 4.50. The molecule has 1 N–H and O–H groups in total. The number of aromatic carboxylic acids is 1. The number of aromatic nitrogens is 2. The molecule has 2 aromatic heterocycles. The van der Waals surface area contributed by atoms with Crippen molar-refractivity contribution in [2.75, 3.05) is 7.11 Å². The summed E-state index contributed by atoms with van der Waals surface area (Å²) in [6.45, 7) is 0. The fourth-order valence-electron chi connectivity index (χ4n) is 2.17. The number of hydrogen-bond donors (Lipinski definition) is 1. The third-order valence-corrected chi connectivity index (χ3v) is 3.21. The number of pyridine rings is 2. The van der Waals surface area contributed by atoms with Crippen LogP contribution in [0.3, 0.4) is 0 Å². The second kappa shape index (κ2) is 4.76. The standard InChI is InChI=1S/C14H8F2N2O4/c1-22-18-5-7(14(20)21)13(19)12-11(18)3-6-2-8(15)9(16)4-10(6)17-12/h2-5H,1H3,(H,20,21). The molecule has 2 heterocycles. The van der Waals surface area contributed by atoms with Crippen LogP contribution in [0.5, 0.6) is 0 Å². The average molecular weight is 306 g/mol. The smallest absolute Gasteiger partial charge is 0.341 e. The summed E-state index contributed by atoms with van der Waals surface area (Å²) in [4.78, 5) is 32.2. The van der Waals surface area contributed by atoms with Crippen LogP contribution in [-0.2, 0) is 0 Å². The fourth-order valence-corrected chi connectivity index (χ4v) is 2.17. The SMILES string of the molecule is COn1cc(C(=O)O)c(=O)c2nc3cc(F)c(F)cc3cc21. The van der Waals surface area contributed by atoms with Gasteiger partial charge in [0.1, 0.15) is 23.7 Å². The molecule has 0 saturated heterocycles. The Balaban J connectivity index is 2.52. The summed E-state index contributed by atoms with van der Waals surface area (Å²) < 4.78 is 27.6. The molecular formula is C14H8F2N2O4. The molecule has 8 heteroatoms. The number of halogens is 2. The minimum absolute atomic E-state index is 0.0358. The van der Waals surface area contributed by atoms with Crippen molar-refractivity contribution in [3.05, 3.63) is 51.8 Å². The van der Waals surface area contributed by atoms with Gasteiger partial charge in [-0.1, -0.05) is 0 Å². The summed E-state index contributed by atoms with van der Waals surface area (Å²) in [5.41, 5.74) is -1.39. The maximum atomic E-state index is 13.3. The Morgan fingerprint density at radius 3 is 2.59 bits per heavy atom. The number of nitrogens with zero attached hydrogens (tertiary/aromatic N) is 2. The van der Waals surface area contributed by atoms with Crippen molar-refractivity contribution in [3.63, 3.8) is 0 Å². The van der Waals surface area contributed by atoms with Gasteiger partial charge in [-0.25, -0.2) is 18.6 Å².